The van der Waals surface area contributed by atoms with Crippen LogP contribution in [0.15, 0.2) is 6.33 Å². The molecule has 0 atom stereocenters. The van der Waals surface area contributed by atoms with Crippen LogP contribution in [-0.4, -0.2) is 39.6 Å². The number of nitrogens with one attached hydrogen (secondary N) is 1. The first kappa shape index (κ1) is 12.1. The summed E-state index contributed by atoms with van der Waals surface area (Å²) in [5.74, 6) is 0.579. The first-order valence-electron chi connectivity index (χ1n) is 5.38. The van der Waals surface area contributed by atoms with Gasteiger partial charge in [-0.1, -0.05) is 0 Å². The third-order valence-electron chi connectivity index (χ3n) is 2.56. The fraction of sp³-hybridized carbons (Fsp3) is 0.400. The summed E-state index contributed by atoms with van der Waals surface area (Å²) in [6.07, 6.45) is 1.68. The van der Waals surface area contributed by atoms with Crippen molar-refractivity contribution in [1.82, 2.24) is 24.8 Å². The third kappa shape index (κ3) is 2.04. The number of nitrogens with zero attached hydrogens (tertiary/aromatic N) is 4. The van der Waals surface area contributed by atoms with Crippen LogP contribution < -0.4 is 15.8 Å². The lowest BCUT2D eigenvalue weighted by atomic mass is 10.4. The van der Waals surface area contributed by atoms with E-state index in [0.29, 0.717) is 30.0 Å². The molecule has 18 heavy (non-hydrogen) atoms. The van der Waals surface area contributed by atoms with Crippen molar-refractivity contribution < 1.29 is 9.53 Å². The average molecular weight is 250 g/mol. The maximum atomic E-state index is 11.2. The van der Waals surface area contributed by atoms with Crippen molar-refractivity contribution in [2.75, 3.05) is 19.9 Å². The van der Waals surface area contributed by atoms with Crippen LogP contribution in [0.5, 0.6) is 5.88 Å². The number of aromatic nitrogens is 4. The van der Waals surface area contributed by atoms with E-state index >= 15 is 0 Å². The number of ether oxygens (including phenoxy) is 1. The Hall–Kier alpha value is -2.38. The first-order chi connectivity index (χ1) is 8.67. The molecule has 0 saturated carbocycles. The molecule has 0 aliphatic carbocycles. The van der Waals surface area contributed by atoms with Crippen LogP contribution in [0.1, 0.15) is 6.42 Å². The predicted molar refractivity (Wildman–Crippen MR) is 65.0 cm³/mol. The molecule has 0 aromatic carbocycles. The van der Waals surface area contributed by atoms with Crippen molar-refractivity contribution in [3.63, 3.8) is 0 Å². The summed E-state index contributed by atoms with van der Waals surface area (Å²) in [5, 5.41) is 2.55. The molecule has 1 amide bonds. The number of fused-ring (bicyclic) bond motifs is 1. The highest BCUT2D eigenvalue weighted by Gasteiger charge is 2.14. The quantitative estimate of drug-likeness (QED) is 0.761. The van der Waals surface area contributed by atoms with Gasteiger partial charge in [0, 0.05) is 20.0 Å². The Morgan fingerprint density at radius 3 is 3.00 bits per heavy atom. The van der Waals surface area contributed by atoms with Crippen molar-refractivity contribution in [2.45, 2.75) is 13.0 Å². The van der Waals surface area contributed by atoms with Crippen LogP contribution in [0.25, 0.3) is 11.2 Å². The number of rotatable bonds is 4. The van der Waals surface area contributed by atoms with Gasteiger partial charge in [-0.25, -0.2) is 9.97 Å². The lowest BCUT2D eigenvalue weighted by Crippen LogP contribution is -2.20. The molecule has 0 aliphatic heterocycles. The van der Waals surface area contributed by atoms with Gasteiger partial charge >= 0.3 is 0 Å². The Morgan fingerprint density at radius 1 is 1.56 bits per heavy atom. The number of aryl methyl sites for hydroxylation is 1. The van der Waals surface area contributed by atoms with Crippen molar-refractivity contribution in [3.8, 4) is 5.88 Å². The SMILES string of the molecule is CNC(=O)CCn1c(N)nc2c(OC)ncnc21. The monoisotopic (exact) mass is 250 g/mol. The van der Waals surface area contributed by atoms with Gasteiger partial charge in [0.2, 0.25) is 17.7 Å². The Kier molecular flexibility index (Phi) is 3.26. The van der Waals surface area contributed by atoms with Crippen LogP contribution in [-0.2, 0) is 11.3 Å². The van der Waals surface area contributed by atoms with E-state index in [1.807, 2.05) is 0 Å². The summed E-state index contributed by atoms with van der Waals surface area (Å²) in [4.78, 5) is 23.4. The molecule has 0 unspecified atom stereocenters. The van der Waals surface area contributed by atoms with Crippen LogP contribution in [0, 0.1) is 0 Å². The summed E-state index contributed by atoms with van der Waals surface area (Å²) in [7, 11) is 3.09. The zero-order valence-corrected chi connectivity index (χ0v) is 10.2. The van der Waals surface area contributed by atoms with E-state index in [0.717, 1.165) is 0 Å². The van der Waals surface area contributed by atoms with E-state index in [1.54, 1.807) is 11.6 Å². The molecular formula is C10H14N6O2. The number of hydrogen-bond donors (Lipinski definition) is 2. The first-order valence-corrected chi connectivity index (χ1v) is 5.38. The fourth-order valence-electron chi connectivity index (χ4n) is 1.64. The second kappa shape index (κ2) is 4.86. The number of anilines is 1. The molecule has 0 aliphatic rings. The van der Waals surface area contributed by atoms with Gasteiger partial charge in [-0.3, -0.25) is 9.36 Å². The topological polar surface area (TPSA) is 108 Å². The van der Waals surface area contributed by atoms with Crippen molar-refractivity contribution in [1.29, 1.82) is 0 Å². The number of amides is 1. The lowest BCUT2D eigenvalue weighted by Gasteiger charge is -2.04. The summed E-state index contributed by atoms with van der Waals surface area (Å²) < 4.78 is 6.74. The third-order valence-corrected chi connectivity index (χ3v) is 2.56. The van der Waals surface area contributed by atoms with E-state index < -0.39 is 0 Å². The summed E-state index contributed by atoms with van der Waals surface area (Å²) in [5.41, 5.74) is 6.85. The van der Waals surface area contributed by atoms with E-state index in [2.05, 4.69) is 20.3 Å². The van der Waals surface area contributed by atoms with Gasteiger partial charge in [0.1, 0.15) is 6.33 Å². The van der Waals surface area contributed by atoms with Gasteiger partial charge in [0.15, 0.2) is 11.2 Å². The second-order valence-electron chi connectivity index (χ2n) is 3.60. The number of carbonyl (C=O) groups excluding carboxylic acids is 1. The minimum absolute atomic E-state index is 0.0720. The minimum Gasteiger partial charge on any atom is -0.479 e. The summed E-state index contributed by atoms with van der Waals surface area (Å²) >= 11 is 0. The van der Waals surface area contributed by atoms with Crippen LogP contribution in [0.3, 0.4) is 0 Å². The zero-order valence-electron chi connectivity index (χ0n) is 10.2. The number of hydrogen-bond acceptors (Lipinski definition) is 6. The van der Waals surface area contributed by atoms with Crippen LogP contribution >= 0.6 is 0 Å². The molecule has 0 spiro atoms. The molecule has 2 aromatic heterocycles. The van der Waals surface area contributed by atoms with Crippen LogP contribution in [0.2, 0.25) is 0 Å². The molecule has 3 N–H and O–H groups in total. The molecule has 0 radical (unpaired) electrons. The maximum Gasteiger partial charge on any atom is 0.245 e. The highest BCUT2D eigenvalue weighted by molar-refractivity contribution is 5.79. The summed E-state index contributed by atoms with van der Waals surface area (Å²) in [6, 6.07) is 0. The van der Waals surface area contributed by atoms with E-state index in [4.69, 9.17) is 10.5 Å². The van der Waals surface area contributed by atoms with Gasteiger partial charge < -0.3 is 15.8 Å². The average Bonchev–Trinajstić information content (AvgIpc) is 2.71. The Labute approximate surface area is 103 Å². The molecule has 2 aromatic rings. The van der Waals surface area contributed by atoms with Crippen molar-refractivity contribution in [2.24, 2.45) is 0 Å². The van der Waals surface area contributed by atoms with E-state index in [9.17, 15) is 4.79 Å². The fourth-order valence-corrected chi connectivity index (χ4v) is 1.64. The molecular weight excluding hydrogens is 236 g/mol. The molecule has 0 saturated heterocycles. The highest BCUT2D eigenvalue weighted by Crippen LogP contribution is 2.22. The molecule has 2 heterocycles. The lowest BCUT2D eigenvalue weighted by molar-refractivity contribution is -0.120. The maximum absolute atomic E-state index is 11.2. The number of nitrogen functional groups attached to an aromatic ring is 1. The highest BCUT2D eigenvalue weighted by atomic mass is 16.5. The second-order valence-corrected chi connectivity index (χ2v) is 3.60. The zero-order chi connectivity index (χ0) is 13.1. The number of nitrogens with two attached hydrogens (primary N) is 1. The predicted octanol–water partition coefficient (Wildman–Crippen LogP) is -0.447. The minimum atomic E-state index is -0.0720. The Bertz CT molecular complexity index is 579. The Balaban J connectivity index is 2.38. The van der Waals surface area contributed by atoms with Gasteiger partial charge in [-0.15, -0.1) is 0 Å². The molecule has 0 fully saturated rings. The standard InChI is InChI=1S/C10H14N6O2/c1-12-6(17)3-4-16-8-7(15-10(16)11)9(18-2)14-5-13-8/h5H,3-4H2,1-2H3,(H2,11,15)(H,12,17). The van der Waals surface area contributed by atoms with Gasteiger partial charge in [0.25, 0.3) is 0 Å². The van der Waals surface area contributed by atoms with Gasteiger partial charge in [-0.2, -0.15) is 4.98 Å². The number of methoxy groups -OCH3 is 1. The van der Waals surface area contributed by atoms with Gasteiger partial charge in [0.05, 0.1) is 7.11 Å². The number of carbonyl (C=O) groups is 1. The normalized spacial score (nSPS) is 10.6. The molecule has 2 rings (SSSR count). The molecule has 8 heteroatoms. The summed E-state index contributed by atoms with van der Waals surface area (Å²) in [6.45, 7) is 0.405. The van der Waals surface area contributed by atoms with E-state index in [-0.39, 0.29) is 11.9 Å². The van der Waals surface area contributed by atoms with Crippen molar-refractivity contribution in [3.05, 3.63) is 6.33 Å². The Morgan fingerprint density at radius 2 is 2.33 bits per heavy atom. The van der Waals surface area contributed by atoms with Crippen molar-refractivity contribution >= 4 is 23.0 Å². The molecule has 96 valence electrons. The number of imidazole rings is 1. The largest absolute Gasteiger partial charge is 0.479 e. The molecule has 8 nitrogen and oxygen atoms in total. The van der Waals surface area contributed by atoms with Gasteiger partial charge in [-0.05, 0) is 0 Å². The smallest absolute Gasteiger partial charge is 0.245 e. The van der Waals surface area contributed by atoms with E-state index in [1.165, 1.54) is 13.4 Å². The van der Waals surface area contributed by atoms with Crippen LogP contribution in [0.4, 0.5) is 5.95 Å². The molecule has 0 bridgehead atoms.